The predicted molar refractivity (Wildman–Crippen MR) is 84.0 cm³/mol. The van der Waals surface area contributed by atoms with Crippen LogP contribution in [-0.2, 0) is 4.79 Å². The van der Waals surface area contributed by atoms with Gasteiger partial charge in [-0.05, 0) is 12.1 Å². The highest BCUT2D eigenvalue weighted by Gasteiger charge is 2.47. The Labute approximate surface area is 135 Å². The maximum Gasteiger partial charge on any atom is 0.221 e. The second kappa shape index (κ2) is 8.26. The van der Waals surface area contributed by atoms with E-state index >= 15 is 0 Å². The van der Waals surface area contributed by atoms with E-state index in [1.54, 1.807) is 4.90 Å². The smallest absolute Gasteiger partial charge is 0.221 e. The van der Waals surface area contributed by atoms with Gasteiger partial charge in [-0.15, -0.1) is 0 Å². The van der Waals surface area contributed by atoms with Crippen LogP contribution in [0, 0.1) is 0 Å². The molecule has 1 amide bonds. The fourth-order valence-electron chi connectivity index (χ4n) is 2.95. The van der Waals surface area contributed by atoms with Crippen molar-refractivity contribution < 1.29 is 24.9 Å². The van der Waals surface area contributed by atoms with Crippen molar-refractivity contribution >= 4 is 5.91 Å². The Balaban J connectivity index is 2.00. The van der Waals surface area contributed by atoms with E-state index in [1.807, 2.05) is 30.3 Å². The van der Waals surface area contributed by atoms with E-state index in [2.05, 4.69) is 5.32 Å². The molecule has 2 rings (SSSR count). The molecule has 4 N–H and O–H groups in total. The summed E-state index contributed by atoms with van der Waals surface area (Å²) >= 11 is 0. The summed E-state index contributed by atoms with van der Waals surface area (Å²) in [7, 11) is 1.52. The molecule has 1 aliphatic heterocycles. The van der Waals surface area contributed by atoms with E-state index in [9.17, 15) is 20.1 Å². The van der Waals surface area contributed by atoms with E-state index in [-0.39, 0.29) is 18.9 Å². The van der Waals surface area contributed by atoms with E-state index in [4.69, 9.17) is 4.74 Å². The quantitative estimate of drug-likeness (QED) is 0.511. The number of carbonyl (C=O) groups is 1. The van der Waals surface area contributed by atoms with Gasteiger partial charge in [0.15, 0.2) is 0 Å². The monoisotopic (exact) mass is 324 g/mol. The third-order valence-electron chi connectivity index (χ3n) is 4.21. The number of benzene rings is 1. The Morgan fingerprint density at radius 3 is 2.48 bits per heavy atom. The van der Waals surface area contributed by atoms with Crippen molar-refractivity contribution in [3.63, 3.8) is 0 Å². The van der Waals surface area contributed by atoms with Crippen molar-refractivity contribution in [3.05, 3.63) is 30.3 Å². The Kier molecular flexibility index (Phi) is 6.35. The topological polar surface area (TPSA) is 102 Å². The number of carbonyl (C=O) groups excluding carboxylic acids is 1. The van der Waals surface area contributed by atoms with Gasteiger partial charge in [-0.2, -0.15) is 0 Å². The van der Waals surface area contributed by atoms with Gasteiger partial charge in [-0.1, -0.05) is 18.2 Å². The molecule has 1 saturated heterocycles. The molecule has 1 fully saturated rings. The number of ether oxygens (including phenoxy) is 1. The van der Waals surface area contributed by atoms with Crippen molar-refractivity contribution in [3.8, 4) is 5.75 Å². The van der Waals surface area contributed by atoms with Gasteiger partial charge in [0, 0.05) is 26.1 Å². The number of likely N-dealkylation sites (tertiary alicyclic amines) is 1. The van der Waals surface area contributed by atoms with Crippen LogP contribution in [0.5, 0.6) is 5.75 Å². The summed E-state index contributed by atoms with van der Waals surface area (Å²) in [5.74, 6) is 0.491. The molecule has 0 saturated carbocycles. The molecule has 7 heteroatoms. The van der Waals surface area contributed by atoms with E-state index in [1.165, 1.54) is 7.05 Å². The summed E-state index contributed by atoms with van der Waals surface area (Å²) in [6.45, 7) is 0.411. The van der Waals surface area contributed by atoms with Crippen LogP contribution in [0.1, 0.15) is 6.42 Å². The second-order valence-electron chi connectivity index (χ2n) is 5.58. The first-order valence-electron chi connectivity index (χ1n) is 7.69. The molecule has 7 nitrogen and oxygen atoms in total. The van der Waals surface area contributed by atoms with Crippen molar-refractivity contribution in [2.45, 2.75) is 30.7 Å². The van der Waals surface area contributed by atoms with E-state index in [0.717, 1.165) is 5.75 Å². The minimum Gasteiger partial charge on any atom is -0.492 e. The van der Waals surface area contributed by atoms with Gasteiger partial charge in [-0.25, -0.2) is 0 Å². The van der Waals surface area contributed by atoms with Gasteiger partial charge in [-0.3, -0.25) is 9.69 Å². The minimum atomic E-state index is -1.09. The lowest BCUT2D eigenvalue weighted by atomic mass is 10.1. The molecule has 128 valence electrons. The number of rotatable bonds is 7. The lowest BCUT2D eigenvalue weighted by molar-refractivity contribution is -0.122. The summed E-state index contributed by atoms with van der Waals surface area (Å²) in [6, 6.07) is 8.12. The minimum absolute atomic E-state index is 0.0521. The predicted octanol–water partition coefficient (Wildman–Crippen LogP) is -1.03. The number of para-hydroxylation sites is 1. The zero-order valence-electron chi connectivity index (χ0n) is 13.1. The molecular formula is C16H24N2O5. The van der Waals surface area contributed by atoms with Gasteiger partial charge in [0.05, 0.1) is 24.9 Å². The Morgan fingerprint density at radius 2 is 1.87 bits per heavy atom. The summed E-state index contributed by atoms with van der Waals surface area (Å²) in [5, 5.41) is 32.2. The fraction of sp³-hybridized carbons (Fsp3) is 0.562. The molecule has 23 heavy (non-hydrogen) atoms. The van der Waals surface area contributed by atoms with E-state index < -0.39 is 24.3 Å². The lowest BCUT2D eigenvalue weighted by Gasteiger charge is -2.29. The SMILES string of the molecule is CNC(=O)C[C@@H]1[C@H](O)[C@H](O)[C@@H](CO)N1CCOc1ccccc1. The Bertz CT molecular complexity index is 499. The van der Waals surface area contributed by atoms with Gasteiger partial charge in [0.2, 0.25) is 5.91 Å². The summed E-state index contributed by atoms with van der Waals surface area (Å²) in [5.41, 5.74) is 0. The largest absolute Gasteiger partial charge is 0.492 e. The molecule has 0 radical (unpaired) electrons. The Morgan fingerprint density at radius 1 is 1.22 bits per heavy atom. The molecule has 0 aromatic heterocycles. The van der Waals surface area contributed by atoms with Gasteiger partial charge >= 0.3 is 0 Å². The van der Waals surface area contributed by atoms with E-state index in [0.29, 0.717) is 13.2 Å². The van der Waals surface area contributed by atoms with Crippen LogP contribution < -0.4 is 10.1 Å². The molecule has 1 heterocycles. The molecule has 4 atom stereocenters. The number of aliphatic hydroxyl groups is 3. The van der Waals surface area contributed by atoms with Crippen molar-refractivity contribution in [1.82, 2.24) is 10.2 Å². The van der Waals surface area contributed by atoms with Crippen molar-refractivity contribution in [2.24, 2.45) is 0 Å². The molecule has 0 bridgehead atoms. The van der Waals surface area contributed by atoms with Gasteiger partial charge in [0.1, 0.15) is 12.4 Å². The third kappa shape index (κ3) is 4.20. The van der Waals surface area contributed by atoms with Crippen LogP contribution in [0.3, 0.4) is 0 Å². The average molecular weight is 324 g/mol. The number of nitrogens with one attached hydrogen (secondary N) is 1. The zero-order valence-corrected chi connectivity index (χ0v) is 13.1. The highest BCUT2D eigenvalue weighted by molar-refractivity contribution is 5.76. The highest BCUT2D eigenvalue weighted by Crippen LogP contribution is 2.27. The number of amides is 1. The molecule has 1 aromatic rings. The summed E-state index contributed by atoms with van der Waals surface area (Å²) in [4.78, 5) is 13.4. The van der Waals surface area contributed by atoms with Crippen molar-refractivity contribution in [2.75, 3.05) is 26.8 Å². The molecule has 0 spiro atoms. The van der Waals surface area contributed by atoms with Crippen LogP contribution in [0.15, 0.2) is 30.3 Å². The van der Waals surface area contributed by atoms with Crippen LogP contribution in [0.4, 0.5) is 0 Å². The first kappa shape index (κ1) is 17.7. The van der Waals surface area contributed by atoms with Crippen molar-refractivity contribution in [1.29, 1.82) is 0 Å². The lowest BCUT2D eigenvalue weighted by Crippen LogP contribution is -2.45. The third-order valence-corrected chi connectivity index (χ3v) is 4.21. The maximum atomic E-state index is 11.6. The summed E-state index contributed by atoms with van der Waals surface area (Å²) < 4.78 is 5.62. The molecule has 0 unspecified atom stereocenters. The summed E-state index contributed by atoms with van der Waals surface area (Å²) in [6.07, 6.45) is -2.12. The van der Waals surface area contributed by atoms with Crippen LogP contribution in [0.25, 0.3) is 0 Å². The normalized spacial score (nSPS) is 27.8. The van der Waals surface area contributed by atoms with Crippen LogP contribution in [-0.4, -0.2) is 77.2 Å². The Hall–Kier alpha value is -1.67. The fourth-order valence-corrected chi connectivity index (χ4v) is 2.95. The standard InChI is InChI=1S/C16H24N2O5/c1-17-14(20)9-12-15(21)16(22)13(10-19)18(12)7-8-23-11-5-3-2-4-6-11/h2-6,12-13,15-16,19,21-22H,7-10H2,1H3,(H,17,20)/t12-,13-,15+,16-/m1/s1. The number of hydrogen-bond acceptors (Lipinski definition) is 6. The molecule has 0 aliphatic carbocycles. The highest BCUT2D eigenvalue weighted by atomic mass is 16.5. The number of nitrogens with zero attached hydrogens (tertiary/aromatic N) is 1. The number of hydrogen-bond donors (Lipinski definition) is 4. The zero-order chi connectivity index (χ0) is 16.8. The number of aliphatic hydroxyl groups excluding tert-OH is 3. The van der Waals surface area contributed by atoms with Gasteiger partial charge in [0.25, 0.3) is 0 Å². The second-order valence-corrected chi connectivity index (χ2v) is 5.58. The first-order chi connectivity index (χ1) is 11.1. The van der Waals surface area contributed by atoms with Gasteiger partial charge < -0.3 is 25.4 Å². The average Bonchev–Trinajstić information content (AvgIpc) is 2.80. The maximum absolute atomic E-state index is 11.6. The molecule has 1 aliphatic rings. The molecular weight excluding hydrogens is 300 g/mol. The van der Waals surface area contributed by atoms with Crippen LogP contribution >= 0.6 is 0 Å². The molecule has 1 aromatic carbocycles. The van der Waals surface area contributed by atoms with Crippen LogP contribution in [0.2, 0.25) is 0 Å². The first-order valence-corrected chi connectivity index (χ1v) is 7.69.